The monoisotopic (exact) mass is 452 g/mol. The highest BCUT2D eigenvalue weighted by molar-refractivity contribution is 9.10. The van der Waals surface area contributed by atoms with Gasteiger partial charge in [-0.15, -0.1) is 0 Å². The second kappa shape index (κ2) is 8.89. The lowest BCUT2D eigenvalue weighted by Gasteiger charge is -2.24. The Morgan fingerprint density at radius 3 is 2.26 bits per heavy atom. The standard InChI is InChI=1S/C20H25BrN2O3S/c1-5-19(16-7-6-14(2)15(3)12-16)22-20(24)13-23(27(4,25)26)18-10-8-17(21)9-11-18/h6-12,19H,5,13H2,1-4H3,(H,22,24). The number of aryl methyl sites for hydroxylation is 2. The minimum atomic E-state index is -3.59. The van der Waals surface area contributed by atoms with Crippen molar-refractivity contribution < 1.29 is 13.2 Å². The van der Waals surface area contributed by atoms with Gasteiger partial charge >= 0.3 is 0 Å². The maximum Gasteiger partial charge on any atom is 0.241 e. The molecule has 0 saturated heterocycles. The predicted molar refractivity (Wildman–Crippen MR) is 113 cm³/mol. The molecule has 1 unspecified atom stereocenters. The summed E-state index contributed by atoms with van der Waals surface area (Å²) in [6, 6.07) is 12.8. The van der Waals surface area contributed by atoms with Gasteiger partial charge in [0.15, 0.2) is 0 Å². The van der Waals surface area contributed by atoms with Crippen molar-refractivity contribution in [1.29, 1.82) is 0 Å². The molecule has 0 aliphatic carbocycles. The molecule has 0 heterocycles. The zero-order valence-electron chi connectivity index (χ0n) is 16.0. The van der Waals surface area contributed by atoms with Crippen molar-refractivity contribution in [3.05, 3.63) is 63.6 Å². The lowest BCUT2D eigenvalue weighted by Crippen LogP contribution is -2.41. The fourth-order valence-corrected chi connectivity index (χ4v) is 3.90. The average Bonchev–Trinajstić information content (AvgIpc) is 2.60. The van der Waals surface area contributed by atoms with Crippen LogP contribution in [-0.2, 0) is 14.8 Å². The normalized spacial score (nSPS) is 12.5. The van der Waals surface area contributed by atoms with Crippen molar-refractivity contribution in [3.63, 3.8) is 0 Å². The van der Waals surface area contributed by atoms with E-state index in [1.165, 1.54) is 5.56 Å². The smallest absolute Gasteiger partial charge is 0.241 e. The van der Waals surface area contributed by atoms with Gasteiger partial charge in [-0.05, 0) is 61.2 Å². The summed E-state index contributed by atoms with van der Waals surface area (Å²) in [7, 11) is -3.59. The summed E-state index contributed by atoms with van der Waals surface area (Å²) in [6.07, 6.45) is 1.81. The van der Waals surface area contributed by atoms with Gasteiger partial charge in [-0.25, -0.2) is 8.42 Å². The Kier molecular flexibility index (Phi) is 7.06. The topological polar surface area (TPSA) is 66.5 Å². The van der Waals surface area contributed by atoms with Crippen molar-refractivity contribution in [2.75, 3.05) is 17.1 Å². The van der Waals surface area contributed by atoms with Gasteiger partial charge in [0.1, 0.15) is 6.54 Å². The molecule has 5 nitrogen and oxygen atoms in total. The van der Waals surface area contributed by atoms with Crippen molar-refractivity contribution in [2.24, 2.45) is 0 Å². The molecule has 0 bridgehead atoms. The molecular formula is C20H25BrN2O3S. The first-order valence-corrected chi connectivity index (χ1v) is 11.4. The number of carbonyl (C=O) groups is 1. The summed E-state index contributed by atoms with van der Waals surface area (Å²) < 4.78 is 26.3. The first-order chi connectivity index (χ1) is 12.6. The molecule has 1 N–H and O–H groups in total. The van der Waals surface area contributed by atoms with Gasteiger partial charge < -0.3 is 5.32 Å². The molecule has 1 amide bonds. The molecule has 0 spiro atoms. The summed E-state index contributed by atoms with van der Waals surface area (Å²) in [4.78, 5) is 12.6. The molecular weight excluding hydrogens is 428 g/mol. The third-order valence-corrected chi connectivity index (χ3v) is 6.15. The first-order valence-electron chi connectivity index (χ1n) is 8.71. The number of hydrogen-bond acceptors (Lipinski definition) is 3. The highest BCUT2D eigenvalue weighted by Gasteiger charge is 2.22. The summed E-state index contributed by atoms with van der Waals surface area (Å²) in [5.74, 6) is -0.339. The van der Waals surface area contributed by atoms with E-state index in [1.54, 1.807) is 24.3 Å². The Morgan fingerprint density at radius 2 is 1.74 bits per heavy atom. The van der Waals surface area contributed by atoms with Crippen LogP contribution in [-0.4, -0.2) is 27.1 Å². The van der Waals surface area contributed by atoms with Crippen molar-refractivity contribution >= 4 is 37.5 Å². The Balaban J connectivity index is 2.19. The zero-order chi connectivity index (χ0) is 20.2. The molecule has 2 aromatic carbocycles. The van der Waals surface area contributed by atoms with Crippen LogP contribution in [0.1, 0.15) is 36.1 Å². The quantitative estimate of drug-likeness (QED) is 0.687. The summed E-state index contributed by atoms with van der Waals surface area (Å²) in [6.45, 7) is 5.80. The molecule has 0 saturated carbocycles. The van der Waals surface area contributed by atoms with Crippen LogP contribution in [0.3, 0.4) is 0 Å². The van der Waals surface area contributed by atoms with Gasteiger partial charge in [-0.1, -0.05) is 41.1 Å². The largest absolute Gasteiger partial charge is 0.348 e. The maximum absolute atomic E-state index is 12.6. The number of rotatable bonds is 7. The number of nitrogens with zero attached hydrogens (tertiary/aromatic N) is 1. The Bertz CT molecular complexity index is 911. The zero-order valence-corrected chi connectivity index (χ0v) is 18.4. The summed E-state index contributed by atoms with van der Waals surface area (Å²) in [5, 5.41) is 2.96. The number of benzene rings is 2. The number of anilines is 1. The number of halogens is 1. The van der Waals surface area contributed by atoms with E-state index in [4.69, 9.17) is 0 Å². The summed E-state index contributed by atoms with van der Waals surface area (Å²) in [5.41, 5.74) is 3.82. The van der Waals surface area contributed by atoms with E-state index in [9.17, 15) is 13.2 Å². The third-order valence-electron chi connectivity index (χ3n) is 4.48. The maximum atomic E-state index is 12.6. The van der Waals surface area contributed by atoms with E-state index < -0.39 is 10.0 Å². The van der Waals surface area contributed by atoms with Gasteiger partial charge in [-0.2, -0.15) is 0 Å². The SMILES string of the molecule is CCC(NC(=O)CN(c1ccc(Br)cc1)S(C)(=O)=O)c1ccc(C)c(C)c1. The van der Waals surface area contributed by atoms with Gasteiger partial charge in [-0.3, -0.25) is 9.10 Å². The Hall–Kier alpha value is -1.86. The lowest BCUT2D eigenvalue weighted by molar-refractivity contribution is -0.120. The molecule has 0 aliphatic rings. The van der Waals surface area contributed by atoms with Crippen LogP contribution in [0.25, 0.3) is 0 Å². The van der Waals surface area contributed by atoms with Gasteiger partial charge in [0.05, 0.1) is 18.0 Å². The van der Waals surface area contributed by atoms with E-state index >= 15 is 0 Å². The number of nitrogens with one attached hydrogen (secondary N) is 1. The van der Waals surface area contributed by atoms with Gasteiger partial charge in [0.2, 0.25) is 15.9 Å². The van der Waals surface area contributed by atoms with Crippen LogP contribution in [0.5, 0.6) is 0 Å². The van der Waals surface area contributed by atoms with Gasteiger partial charge in [0, 0.05) is 4.47 Å². The number of hydrogen-bond donors (Lipinski definition) is 1. The molecule has 0 radical (unpaired) electrons. The second-order valence-electron chi connectivity index (χ2n) is 6.62. The van der Waals surface area contributed by atoms with Crippen LogP contribution in [0.15, 0.2) is 46.9 Å². The number of amides is 1. The predicted octanol–water partition coefficient (Wildman–Crippen LogP) is 4.10. The lowest BCUT2D eigenvalue weighted by atomic mass is 9.99. The highest BCUT2D eigenvalue weighted by Crippen LogP contribution is 2.22. The molecule has 0 aliphatic heterocycles. The average molecular weight is 453 g/mol. The fraction of sp³-hybridized carbons (Fsp3) is 0.350. The van der Waals surface area contributed by atoms with E-state index in [1.807, 2.05) is 32.9 Å². The van der Waals surface area contributed by atoms with Crippen LogP contribution in [0.2, 0.25) is 0 Å². The minimum absolute atomic E-state index is 0.164. The Labute approximate surface area is 170 Å². The van der Waals surface area contributed by atoms with Crippen LogP contribution < -0.4 is 9.62 Å². The summed E-state index contributed by atoms with van der Waals surface area (Å²) >= 11 is 3.33. The minimum Gasteiger partial charge on any atom is -0.348 e. The molecule has 1 atom stereocenters. The molecule has 2 rings (SSSR count). The van der Waals surface area contributed by atoms with Gasteiger partial charge in [0.25, 0.3) is 0 Å². The Morgan fingerprint density at radius 1 is 1.11 bits per heavy atom. The first kappa shape index (κ1) is 21.4. The second-order valence-corrected chi connectivity index (χ2v) is 9.44. The fourth-order valence-electron chi connectivity index (χ4n) is 2.78. The molecule has 27 heavy (non-hydrogen) atoms. The third kappa shape index (κ3) is 5.81. The van der Waals surface area contributed by atoms with Crippen molar-refractivity contribution in [1.82, 2.24) is 5.32 Å². The van der Waals surface area contributed by atoms with E-state index in [-0.39, 0.29) is 18.5 Å². The van der Waals surface area contributed by atoms with E-state index in [2.05, 4.69) is 27.3 Å². The molecule has 0 aromatic heterocycles. The number of carbonyl (C=O) groups excluding carboxylic acids is 1. The van der Waals surface area contributed by atoms with Crippen molar-refractivity contribution in [2.45, 2.75) is 33.2 Å². The highest BCUT2D eigenvalue weighted by atomic mass is 79.9. The van der Waals surface area contributed by atoms with Crippen LogP contribution in [0, 0.1) is 13.8 Å². The molecule has 7 heteroatoms. The molecule has 0 fully saturated rings. The molecule has 146 valence electrons. The van der Waals surface area contributed by atoms with Crippen molar-refractivity contribution in [3.8, 4) is 0 Å². The van der Waals surface area contributed by atoms with E-state index in [0.29, 0.717) is 12.1 Å². The van der Waals surface area contributed by atoms with Crippen LogP contribution >= 0.6 is 15.9 Å². The van der Waals surface area contributed by atoms with E-state index in [0.717, 1.165) is 26.2 Å². The molecule has 2 aromatic rings. The van der Waals surface area contributed by atoms with Crippen LogP contribution in [0.4, 0.5) is 5.69 Å². The number of sulfonamides is 1.